The van der Waals surface area contributed by atoms with Gasteiger partial charge < -0.3 is 30.6 Å². The van der Waals surface area contributed by atoms with Gasteiger partial charge in [0, 0.05) is 52.0 Å². The van der Waals surface area contributed by atoms with Crippen LogP contribution in [-0.2, 0) is 28.9 Å². The number of aliphatic hydroxyl groups excluding tert-OH is 3. The van der Waals surface area contributed by atoms with Gasteiger partial charge in [-0.15, -0.1) is 0 Å². The first kappa shape index (κ1) is 36.8. The van der Waals surface area contributed by atoms with Gasteiger partial charge in [0.05, 0.1) is 45.0 Å². The molecule has 0 aromatic rings. The predicted molar refractivity (Wildman–Crippen MR) is 80.8 cm³/mol. The Bertz CT molecular complexity index is 352. The fourth-order valence-corrected chi connectivity index (χ4v) is 0.458. The monoisotopic (exact) mass is 552 g/mol. The van der Waals surface area contributed by atoms with Crippen molar-refractivity contribution in [3.63, 3.8) is 0 Å². The minimum absolute atomic E-state index is 0. The van der Waals surface area contributed by atoms with Gasteiger partial charge in [-0.2, -0.15) is 5.26 Å². The Labute approximate surface area is 185 Å². The molecule has 0 atom stereocenters. The average molecular weight is 551 g/mol. The maximum absolute atomic E-state index is 9.01. The van der Waals surface area contributed by atoms with E-state index in [0.29, 0.717) is 5.39 Å². The van der Waals surface area contributed by atoms with Crippen molar-refractivity contribution in [3.8, 4) is 6.07 Å². The van der Waals surface area contributed by atoms with E-state index >= 15 is 0 Å². The van der Waals surface area contributed by atoms with Crippen molar-refractivity contribution in [2.45, 2.75) is 13.8 Å². The van der Waals surface area contributed by atoms with E-state index in [0.717, 1.165) is 19.9 Å². The van der Waals surface area contributed by atoms with E-state index < -0.39 is 17.9 Å². The van der Waals surface area contributed by atoms with Crippen LogP contribution in [-0.4, -0.2) is 93.6 Å². The van der Waals surface area contributed by atoms with E-state index in [1.807, 2.05) is 0 Å². The fourth-order valence-electron chi connectivity index (χ4n) is 0.458. The standard InChI is InChI=1S/C6H15NO6.C2HNO2.2C2H4O2.Dy/c8-1-4-11-7(12-5-2-9)13-6-3-10;3-1-2(4)5;2*1-2(3)4;/h8-10H,1-6H2;(H,4,5);2*1H3,(H,3,4);. The van der Waals surface area contributed by atoms with Crippen molar-refractivity contribution < 1.29 is 97.7 Å². The van der Waals surface area contributed by atoms with Gasteiger partial charge in [0.25, 0.3) is 11.9 Å². The van der Waals surface area contributed by atoms with Gasteiger partial charge in [0.2, 0.25) is 0 Å². The zero-order valence-corrected chi connectivity index (χ0v) is 16.6. The van der Waals surface area contributed by atoms with Gasteiger partial charge in [-0.1, -0.05) is 0 Å². The molecule has 0 aliphatic heterocycles. The Morgan fingerprint density at radius 3 is 1.11 bits per heavy atom. The van der Waals surface area contributed by atoms with Crippen LogP contribution in [0.5, 0.6) is 0 Å². The maximum Gasteiger partial charge on any atom is 0.408 e. The van der Waals surface area contributed by atoms with Gasteiger partial charge in [0.1, 0.15) is 0 Å². The first-order valence-corrected chi connectivity index (χ1v) is 6.62. The first-order chi connectivity index (χ1) is 12.1. The number of carboxylic acids is 3. The molecule has 164 valence electrons. The zero-order valence-electron chi connectivity index (χ0n) is 14.6. The van der Waals surface area contributed by atoms with Crippen LogP contribution in [0, 0.1) is 49.5 Å². The summed E-state index contributed by atoms with van der Waals surface area (Å²) in [5.41, 5.74) is 0. The van der Waals surface area contributed by atoms with E-state index in [1.54, 1.807) is 0 Å². The third kappa shape index (κ3) is 78.5. The molecule has 27 heavy (non-hydrogen) atoms. The van der Waals surface area contributed by atoms with Crippen LogP contribution in [0.15, 0.2) is 0 Å². The maximum atomic E-state index is 9.01. The molecule has 15 heteroatoms. The Morgan fingerprint density at radius 1 is 0.815 bits per heavy atom. The van der Waals surface area contributed by atoms with Crippen LogP contribution in [0.4, 0.5) is 0 Å². The molecule has 6 N–H and O–H groups in total. The Kier molecular flexibility index (Phi) is 44.3. The molecule has 0 aliphatic carbocycles. The van der Waals surface area contributed by atoms with Gasteiger partial charge >= 0.3 is 5.97 Å². The summed E-state index contributed by atoms with van der Waals surface area (Å²) in [4.78, 5) is 41.1. The molecule has 0 radical (unpaired) electrons. The quantitative estimate of drug-likeness (QED) is 0.102. The average Bonchev–Trinajstić information content (AvgIpc) is 2.53. The van der Waals surface area contributed by atoms with Crippen LogP contribution < -0.4 is 0 Å². The smallest absolute Gasteiger partial charge is 0.408 e. The van der Waals surface area contributed by atoms with Crippen molar-refractivity contribution >= 4 is 17.9 Å². The van der Waals surface area contributed by atoms with Crippen LogP contribution in [0.1, 0.15) is 13.8 Å². The molecule has 0 bridgehead atoms. The molecular formula is C12H24DyN2O12. The number of aliphatic hydroxyl groups is 3. The predicted octanol–water partition coefficient (Wildman–Crippen LogP) is -2.16. The summed E-state index contributed by atoms with van der Waals surface area (Å²) >= 11 is 0. The number of hydrogen-bond donors (Lipinski definition) is 6. The summed E-state index contributed by atoms with van der Waals surface area (Å²) in [7, 11) is 0. The van der Waals surface area contributed by atoms with Gasteiger partial charge in [-0.05, 0) is 0 Å². The molecule has 0 saturated carbocycles. The molecule has 0 aromatic carbocycles. The van der Waals surface area contributed by atoms with Crippen molar-refractivity contribution in [1.82, 2.24) is 5.39 Å². The van der Waals surface area contributed by atoms with Gasteiger partial charge in [0.15, 0.2) is 6.07 Å². The van der Waals surface area contributed by atoms with E-state index in [1.165, 1.54) is 0 Å². The molecule has 0 heterocycles. The fraction of sp³-hybridized carbons (Fsp3) is 0.667. The molecule has 14 nitrogen and oxygen atoms in total. The second-order valence-corrected chi connectivity index (χ2v) is 3.35. The van der Waals surface area contributed by atoms with Crippen LogP contribution in [0.3, 0.4) is 0 Å². The second kappa shape index (κ2) is 32.6. The SMILES string of the molecule is CC(=O)O.CC(=O)O.N#CC(=O)O.OCCON(OCCO)OCCO.[Dy]. The number of nitrogens with zero attached hydrogens (tertiary/aromatic N) is 2. The Morgan fingerprint density at radius 2 is 1.00 bits per heavy atom. The molecule has 0 unspecified atom stereocenters. The summed E-state index contributed by atoms with van der Waals surface area (Å²) in [6.07, 6.45) is 0. The van der Waals surface area contributed by atoms with Crippen molar-refractivity contribution in [2.24, 2.45) is 0 Å². The molecule has 0 fully saturated rings. The Hall–Kier alpha value is -1.11. The van der Waals surface area contributed by atoms with E-state index in [9.17, 15) is 0 Å². The minimum atomic E-state index is -1.44. The molecule has 0 aliphatic rings. The van der Waals surface area contributed by atoms with Gasteiger partial charge in [-0.25, -0.2) is 19.3 Å². The Balaban J connectivity index is -0.0000000953. The molecule has 0 aromatic heterocycles. The summed E-state index contributed by atoms with van der Waals surface area (Å²) in [5, 5.41) is 55.4. The number of rotatable bonds is 9. The van der Waals surface area contributed by atoms with E-state index in [2.05, 4.69) is 0 Å². The number of carbonyl (C=O) groups is 3. The number of carboxylic acid groups (broad SMARTS) is 3. The normalized spacial score (nSPS) is 8.19. The molecule has 0 spiro atoms. The summed E-state index contributed by atoms with van der Waals surface area (Å²) in [6.45, 7) is 1.66. The number of hydrogen-bond acceptors (Lipinski definition) is 11. The third-order valence-electron chi connectivity index (χ3n) is 0.960. The van der Waals surface area contributed by atoms with Crippen LogP contribution >= 0.6 is 0 Å². The van der Waals surface area contributed by atoms with Crippen molar-refractivity contribution in [2.75, 3.05) is 39.6 Å². The van der Waals surface area contributed by atoms with Crippen LogP contribution in [0.2, 0.25) is 0 Å². The van der Waals surface area contributed by atoms with E-state index in [4.69, 9.17) is 64.8 Å². The molecular weight excluding hydrogens is 527 g/mol. The minimum Gasteiger partial charge on any atom is -0.481 e. The topological polar surface area (TPSA) is 227 Å². The number of aliphatic carboxylic acids is 3. The first-order valence-electron chi connectivity index (χ1n) is 6.62. The van der Waals surface area contributed by atoms with E-state index in [-0.39, 0.29) is 77.8 Å². The van der Waals surface area contributed by atoms with Crippen LogP contribution in [0.25, 0.3) is 0 Å². The summed E-state index contributed by atoms with van der Waals surface area (Å²) < 4.78 is 0. The zero-order chi connectivity index (χ0) is 21.4. The van der Waals surface area contributed by atoms with Crippen molar-refractivity contribution in [3.05, 3.63) is 0 Å². The summed E-state index contributed by atoms with van der Waals surface area (Å²) in [5.74, 6) is -3.11. The summed E-state index contributed by atoms with van der Waals surface area (Å²) in [6, 6.07) is 0.944. The number of nitriles is 1. The van der Waals surface area contributed by atoms with Crippen molar-refractivity contribution in [1.29, 1.82) is 5.26 Å². The molecule has 0 rings (SSSR count). The molecule has 0 saturated heterocycles. The molecule has 0 amide bonds. The second-order valence-electron chi connectivity index (χ2n) is 3.35. The largest absolute Gasteiger partial charge is 0.481 e. The third-order valence-corrected chi connectivity index (χ3v) is 0.960. The van der Waals surface area contributed by atoms with Gasteiger partial charge in [-0.3, -0.25) is 9.59 Å².